The van der Waals surface area contributed by atoms with Crippen LogP contribution in [0.4, 0.5) is 0 Å². The summed E-state index contributed by atoms with van der Waals surface area (Å²) >= 11 is 0. The summed E-state index contributed by atoms with van der Waals surface area (Å²) in [5.41, 5.74) is 2.46. The second-order valence-electron chi connectivity index (χ2n) is 6.17. The van der Waals surface area contributed by atoms with Crippen molar-refractivity contribution in [2.24, 2.45) is 17.8 Å². The van der Waals surface area contributed by atoms with Crippen molar-refractivity contribution < 1.29 is 5.11 Å². The van der Waals surface area contributed by atoms with Gasteiger partial charge in [0.15, 0.2) is 0 Å². The van der Waals surface area contributed by atoms with Crippen molar-refractivity contribution in [1.29, 1.82) is 0 Å². The van der Waals surface area contributed by atoms with Crippen molar-refractivity contribution in [3.05, 3.63) is 35.4 Å². The smallest absolute Gasteiger partial charge is 0.0821 e. The van der Waals surface area contributed by atoms with Crippen LogP contribution in [0.3, 0.4) is 0 Å². The molecule has 1 aromatic rings. The number of hydrogen-bond acceptors (Lipinski definition) is 1. The summed E-state index contributed by atoms with van der Waals surface area (Å²) in [6.45, 7) is 6.81. The van der Waals surface area contributed by atoms with Gasteiger partial charge in [0, 0.05) is 0 Å². The number of aryl methyl sites for hydroxylation is 1. The number of rotatable bonds is 3. The molecule has 3 atom stereocenters. The maximum atomic E-state index is 10.7. The molecule has 0 radical (unpaired) electrons. The first-order valence-electron chi connectivity index (χ1n) is 7.37. The molecule has 0 amide bonds. The molecule has 1 heteroatoms. The molecule has 0 bridgehead atoms. The van der Waals surface area contributed by atoms with E-state index in [-0.39, 0.29) is 6.10 Å². The summed E-state index contributed by atoms with van der Waals surface area (Å²) in [6.07, 6.45) is 4.39. The van der Waals surface area contributed by atoms with Gasteiger partial charge in [0.2, 0.25) is 0 Å². The van der Waals surface area contributed by atoms with Gasteiger partial charge in [-0.1, -0.05) is 45.0 Å². The molecular formula is C17H26O. The molecule has 1 fully saturated rings. The Hall–Kier alpha value is -0.820. The van der Waals surface area contributed by atoms with Gasteiger partial charge in [-0.05, 0) is 54.6 Å². The van der Waals surface area contributed by atoms with Crippen LogP contribution in [0.15, 0.2) is 24.3 Å². The van der Waals surface area contributed by atoms with Gasteiger partial charge in [-0.2, -0.15) is 0 Å². The normalized spacial score (nSPS) is 30.1. The fourth-order valence-electron chi connectivity index (χ4n) is 3.67. The fraction of sp³-hybridized carbons (Fsp3) is 0.647. The number of aliphatic hydroxyl groups is 1. The predicted octanol–water partition coefficient (Wildman–Crippen LogP) is 4.35. The summed E-state index contributed by atoms with van der Waals surface area (Å²) in [5.74, 6) is 1.95. The van der Waals surface area contributed by atoms with Gasteiger partial charge < -0.3 is 5.11 Å². The second kappa shape index (κ2) is 5.88. The first-order chi connectivity index (χ1) is 8.61. The van der Waals surface area contributed by atoms with Gasteiger partial charge in [0.25, 0.3) is 0 Å². The van der Waals surface area contributed by atoms with Crippen LogP contribution in [-0.2, 0) is 6.42 Å². The van der Waals surface area contributed by atoms with Crippen LogP contribution >= 0.6 is 0 Å². The average Bonchev–Trinajstić information content (AvgIpc) is 2.36. The van der Waals surface area contributed by atoms with Crippen molar-refractivity contribution in [3.8, 4) is 0 Å². The van der Waals surface area contributed by atoms with Gasteiger partial charge in [0.05, 0.1) is 6.10 Å². The lowest BCUT2D eigenvalue weighted by Gasteiger charge is -2.35. The zero-order chi connectivity index (χ0) is 13.1. The maximum absolute atomic E-state index is 10.7. The fourth-order valence-corrected chi connectivity index (χ4v) is 3.67. The first-order valence-corrected chi connectivity index (χ1v) is 7.37. The van der Waals surface area contributed by atoms with E-state index in [1.807, 2.05) is 6.07 Å². The number of benzene rings is 1. The van der Waals surface area contributed by atoms with Crippen LogP contribution in [0.2, 0.25) is 0 Å². The molecule has 0 aromatic heterocycles. The molecule has 1 aromatic carbocycles. The van der Waals surface area contributed by atoms with Crippen molar-refractivity contribution in [2.75, 3.05) is 0 Å². The molecule has 0 heterocycles. The monoisotopic (exact) mass is 246 g/mol. The van der Waals surface area contributed by atoms with Gasteiger partial charge in [-0.3, -0.25) is 0 Å². The molecule has 2 rings (SSSR count). The summed E-state index contributed by atoms with van der Waals surface area (Å²) < 4.78 is 0. The summed E-state index contributed by atoms with van der Waals surface area (Å²) in [5, 5.41) is 10.7. The molecule has 0 saturated heterocycles. The Labute approximate surface area is 111 Å². The highest BCUT2D eigenvalue weighted by Gasteiger charge is 2.30. The Bertz CT molecular complexity index is 375. The molecule has 0 spiro atoms. The first kappa shape index (κ1) is 13.6. The van der Waals surface area contributed by atoms with Crippen LogP contribution < -0.4 is 0 Å². The number of hydrogen-bond donors (Lipinski definition) is 1. The zero-order valence-corrected chi connectivity index (χ0v) is 11.9. The Kier molecular flexibility index (Phi) is 4.45. The SMILES string of the molecule is CCc1ccccc1C(O)C1CC(C)CC(C)C1. The quantitative estimate of drug-likeness (QED) is 0.840. The second-order valence-corrected chi connectivity index (χ2v) is 6.17. The topological polar surface area (TPSA) is 20.2 Å². The molecular weight excluding hydrogens is 220 g/mol. The van der Waals surface area contributed by atoms with Crippen LogP contribution in [0.25, 0.3) is 0 Å². The minimum absolute atomic E-state index is 0.272. The van der Waals surface area contributed by atoms with E-state index in [0.29, 0.717) is 5.92 Å². The van der Waals surface area contributed by atoms with Crippen molar-refractivity contribution >= 4 is 0 Å². The molecule has 1 saturated carbocycles. The summed E-state index contributed by atoms with van der Waals surface area (Å²) in [6, 6.07) is 8.37. The Morgan fingerprint density at radius 1 is 1.11 bits per heavy atom. The van der Waals surface area contributed by atoms with E-state index in [1.165, 1.54) is 24.8 Å². The van der Waals surface area contributed by atoms with Gasteiger partial charge >= 0.3 is 0 Å². The highest BCUT2D eigenvalue weighted by molar-refractivity contribution is 5.29. The minimum Gasteiger partial charge on any atom is -0.388 e. The Balaban J connectivity index is 2.17. The minimum atomic E-state index is -0.272. The van der Waals surface area contributed by atoms with Crippen LogP contribution in [-0.4, -0.2) is 5.11 Å². The lowest BCUT2D eigenvalue weighted by atomic mass is 9.73. The molecule has 1 nitrogen and oxygen atoms in total. The molecule has 1 aliphatic carbocycles. The van der Waals surface area contributed by atoms with E-state index in [1.54, 1.807) is 0 Å². The van der Waals surface area contributed by atoms with Crippen LogP contribution in [0.5, 0.6) is 0 Å². The molecule has 3 unspecified atom stereocenters. The van der Waals surface area contributed by atoms with Crippen molar-refractivity contribution in [1.82, 2.24) is 0 Å². The standard InChI is InChI=1S/C17H26O/c1-4-14-7-5-6-8-16(14)17(18)15-10-12(2)9-13(3)11-15/h5-8,12-13,15,17-18H,4,9-11H2,1-3H3. The van der Waals surface area contributed by atoms with E-state index < -0.39 is 0 Å². The molecule has 1 N–H and O–H groups in total. The Morgan fingerprint density at radius 3 is 2.33 bits per heavy atom. The maximum Gasteiger partial charge on any atom is 0.0821 e. The van der Waals surface area contributed by atoms with E-state index in [9.17, 15) is 5.11 Å². The lowest BCUT2D eigenvalue weighted by Crippen LogP contribution is -2.25. The zero-order valence-electron chi connectivity index (χ0n) is 11.9. The van der Waals surface area contributed by atoms with Gasteiger partial charge in [0.1, 0.15) is 0 Å². The van der Waals surface area contributed by atoms with E-state index >= 15 is 0 Å². The molecule has 100 valence electrons. The average molecular weight is 246 g/mol. The third-order valence-corrected chi connectivity index (χ3v) is 4.42. The molecule has 18 heavy (non-hydrogen) atoms. The third kappa shape index (κ3) is 2.95. The van der Waals surface area contributed by atoms with Crippen molar-refractivity contribution in [2.45, 2.75) is 52.6 Å². The summed E-state index contributed by atoms with van der Waals surface area (Å²) in [7, 11) is 0. The van der Waals surface area contributed by atoms with E-state index in [4.69, 9.17) is 0 Å². The van der Waals surface area contributed by atoms with E-state index in [2.05, 4.69) is 39.0 Å². The molecule has 1 aliphatic rings. The summed E-state index contributed by atoms with van der Waals surface area (Å²) in [4.78, 5) is 0. The molecule has 0 aliphatic heterocycles. The van der Waals surface area contributed by atoms with Crippen LogP contribution in [0, 0.1) is 17.8 Å². The highest BCUT2D eigenvalue weighted by Crippen LogP contribution is 2.40. The van der Waals surface area contributed by atoms with Crippen LogP contribution in [0.1, 0.15) is 57.3 Å². The number of aliphatic hydroxyl groups excluding tert-OH is 1. The van der Waals surface area contributed by atoms with Gasteiger partial charge in [-0.15, -0.1) is 0 Å². The predicted molar refractivity (Wildman–Crippen MR) is 76.4 cm³/mol. The van der Waals surface area contributed by atoms with E-state index in [0.717, 1.165) is 23.8 Å². The third-order valence-electron chi connectivity index (χ3n) is 4.42. The van der Waals surface area contributed by atoms with Gasteiger partial charge in [-0.25, -0.2) is 0 Å². The lowest BCUT2D eigenvalue weighted by molar-refractivity contribution is 0.0546. The van der Waals surface area contributed by atoms with Crippen molar-refractivity contribution in [3.63, 3.8) is 0 Å². The Morgan fingerprint density at radius 2 is 1.72 bits per heavy atom. The highest BCUT2D eigenvalue weighted by atomic mass is 16.3. The largest absolute Gasteiger partial charge is 0.388 e.